The third-order valence-electron chi connectivity index (χ3n) is 10.7. The van der Waals surface area contributed by atoms with E-state index in [4.69, 9.17) is 0 Å². The molecule has 0 aliphatic heterocycles. The van der Waals surface area contributed by atoms with Crippen LogP contribution >= 0.6 is 11.3 Å². The van der Waals surface area contributed by atoms with E-state index in [-0.39, 0.29) is 0 Å². The highest BCUT2D eigenvalue weighted by atomic mass is 32.1. The normalized spacial score (nSPS) is 11.2. The lowest BCUT2D eigenvalue weighted by Crippen LogP contribution is -2.10. The molecule has 56 heavy (non-hydrogen) atoms. The average molecular weight is 732 g/mol. The molecule has 264 valence electrons. The van der Waals surface area contributed by atoms with E-state index in [1.807, 2.05) is 11.3 Å². The molecule has 0 saturated heterocycles. The quantitative estimate of drug-likeness (QED) is 0.150. The summed E-state index contributed by atoms with van der Waals surface area (Å²) in [6, 6.07) is 81.2. The van der Waals surface area contributed by atoms with Gasteiger partial charge in [-0.15, -0.1) is 11.3 Å². The first-order valence-electron chi connectivity index (χ1n) is 19.1. The van der Waals surface area contributed by atoms with Crippen LogP contribution in [0.25, 0.3) is 75.8 Å². The van der Waals surface area contributed by atoms with Crippen molar-refractivity contribution < 1.29 is 0 Å². The van der Waals surface area contributed by atoms with Gasteiger partial charge in [-0.25, -0.2) is 0 Å². The molecule has 1 aromatic heterocycles. The molecule has 0 amide bonds. The summed E-state index contributed by atoms with van der Waals surface area (Å²) in [5.41, 5.74) is 15.4. The maximum absolute atomic E-state index is 2.38. The summed E-state index contributed by atoms with van der Waals surface area (Å²) in [7, 11) is 0. The van der Waals surface area contributed by atoms with E-state index >= 15 is 0 Å². The van der Waals surface area contributed by atoms with Gasteiger partial charge in [0.25, 0.3) is 0 Å². The van der Waals surface area contributed by atoms with E-state index in [1.165, 1.54) is 75.8 Å². The zero-order chi connectivity index (χ0) is 37.3. The second kappa shape index (κ2) is 14.7. The fourth-order valence-electron chi connectivity index (χ4n) is 7.86. The Labute approximate surface area is 332 Å². The van der Waals surface area contributed by atoms with Gasteiger partial charge < -0.3 is 4.90 Å². The van der Waals surface area contributed by atoms with E-state index < -0.39 is 0 Å². The van der Waals surface area contributed by atoms with Crippen LogP contribution in [0.3, 0.4) is 0 Å². The Hall–Kier alpha value is -7.00. The van der Waals surface area contributed by atoms with Crippen LogP contribution in [-0.2, 0) is 0 Å². The second-order valence-electron chi connectivity index (χ2n) is 14.2. The first kappa shape index (κ1) is 33.6. The molecule has 0 aliphatic rings. The SMILES string of the molecule is c1ccc(-c2cccc(-c3ccc(N(c4ccc(-c5cccc(-c6ccccc6)c5)cc4)c4cccc(-c5cccc6c5sc5ccccc56)c4)cc3)c2)cc1. The van der Waals surface area contributed by atoms with Crippen LogP contribution in [-0.4, -0.2) is 0 Å². The lowest BCUT2D eigenvalue weighted by Gasteiger charge is -2.26. The van der Waals surface area contributed by atoms with Crippen LogP contribution in [0.2, 0.25) is 0 Å². The summed E-state index contributed by atoms with van der Waals surface area (Å²) in [4.78, 5) is 2.38. The van der Waals surface area contributed by atoms with Crippen molar-refractivity contribution in [3.63, 3.8) is 0 Å². The third-order valence-corrected chi connectivity index (χ3v) is 11.9. The zero-order valence-corrected chi connectivity index (χ0v) is 31.5. The van der Waals surface area contributed by atoms with Crippen molar-refractivity contribution >= 4 is 48.6 Å². The highest BCUT2D eigenvalue weighted by Crippen LogP contribution is 2.43. The Morgan fingerprint density at radius 2 is 0.696 bits per heavy atom. The van der Waals surface area contributed by atoms with Crippen molar-refractivity contribution in [2.45, 2.75) is 0 Å². The number of fused-ring (bicyclic) bond motifs is 3. The highest BCUT2D eigenvalue weighted by Gasteiger charge is 2.16. The van der Waals surface area contributed by atoms with Crippen molar-refractivity contribution in [2.75, 3.05) is 4.90 Å². The molecule has 0 radical (unpaired) electrons. The summed E-state index contributed by atoms with van der Waals surface area (Å²) in [6.07, 6.45) is 0. The number of benzene rings is 9. The Morgan fingerprint density at radius 1 is 0.268 bits per heavy atom. The maximum Gasteiger partial charge on any atom is 0.0467 e. The molecule has 2 heteroatoms. The monoisotopic (exact) mass is 731 g/mol. The largest absolute Gasteiger partial charge is 0.310 e. The fraction of sp³-hybridized carbons (Fsp3) is 0. The molecule has 1 nitrogen and oxygen atoms in total. The van der Waals surface area contributed by atoms with Gasteiger partial charge in [-0.1, -0.05) is 170 Å². The van der Waals surface area contributed by atoms with Crippen LogP contribution in [0.4, 0.5) is 17.1 Å². The molecule has 10 aromatic rings. The molecule has 0 N–H and O–H groups in total. The maximum atomic E-state index is 2.38. The van der Waals surface area contributed by atoms with Gasteiger partial charge >= 0.3 is 0 Å². The predicted molar refractivity (Wildman–Crippen MR) is 241 cm³/mol. The fourth-order valence-corrected chi connectivity index (χ4v) is 9.10. The van der Waals surface area contributed by atoms with Crippen molar-refractivity contribution in [3.8, 4) is 55.6 Å². The number of hydrogen-bond donors (Lipinski definition) is 0. The van der Waals surface area contributed by atoms with Gasteiger partial charge in [0.05, 0.1) is 0 Å². The molecule has 0 bridgehead atoms. The number of thiophene rings is 1. The minimum atomic E-state index is 1.10. The van der Waals surface area contributed by atoms with Crippen LogP contribution in [0, 0.1) is 0 Å². The van der Waals surface area contributed by atoms with Crippen LogP contribution in [0.15, 0.2) is 224 Å². The van der Waals surface area contributed by atoms with Crippen LogP contribution in [0.5, 0.6) is 0 Å². The third kappa shape index (κ3) is 6.47. The van der Waals surface area contributed by atoms with E-state index in [2.05, 4.69) is 229 Å². The molecule has 0 saturated carbocycles. The van der Waals surface area contributed by atoms with E-state index in [0.717, 1.165) is 17.1 Å². The summed E-state index contributed by atoms with van der Waals surface area (Å²) in [5, 5.41) is 2.63. The lowest BCUT2D eigenvalue weighted by atomic mass is 9.98. The molecular weight excluding hydrogens is 695 g/mol. The van der Waals surface area contributed by atoms with E-state index in [0.29, 0.717) is 0 Å². The minimum absolute atomic E-state index is 1.10. The van der Waals surface area contributed by atoms with Crippen LogP contribution < -0.4 is 4.90 Å². The van der Waals surface area contributed by atoms with Crippen molar-refractivity contribution in [3.05, 3.63) is 224 Å². The van der Waals surface area contributed by atoms with Crippen molar-refractivity contribution in [1.29, 1.82) is 0 Å². The molecular formula is C54H37NS. The Morgan fingerprint density at radius 3 is 1.27 bits per heavy atom. The van der Waals surface area contributed by atoms with Crippen molar-refractivity contribution in [2.24, 2.45) is 0 Å². The average Bonchev–Trinajstić information content (AvgIpc) is 3.67. The van der Waals surface area contributed by atoms with Gasteiger partial charge in [-0.3, -0.25) is 0 Å². The first-order chi connectivity index (χ1) is 27.7. The topological polar surface area (TPSA) is 3.24 Å². The van der Waals surface area contributed by atoms with E-state index in [9.17, 15) is 0 Å². The smallest absolute Gasteiger partial charge is 0.0467 e. The van der Waals surface area contributed by atoms with Crippen molar-refractivity contribution in [1.82, 2.24) is 0 Å². The number of anilines is 3. The van der Waals surface area contributed by atoms with Gasteiger partial charge in [-0.2, -0.15) is 0 Å². The first-order valence-corrected chi connectivity index (χ1v) is 19.9. The van der Waals surface area contributed by atoms with Gasteiger partial charge in [0.15, 0.2) is 0 Å². The van der Waals surface area contributed by atoms with Gasteiger partial charge in [0, 0.05) is 37.2 Å². The molecule has 0 fully saturated rings. The molecule has 1 heterocycles. The van der Waals surface area contributed by atoms with Gasteiger partial charge in [0.1, 0.15) is 0 Å². The summed E-state index contributed by atoms with van der Waals surface area (Å²) >= 11 is 1.87. The Balaban J connectivity index is 1.05. The number of rotatable bonds is 8. The molecule has 0 atom stereocenters. The molecule has 0 unspecified atom stereocenters. The minimum Gasteiger partial charge on any atom is -0.310 e. The highest BCUT2D eigenvalue weighted by molar-refractivity contribution is 7.26. The molecule has 9 aromatic carbocycles. The Kier molecular flexibility index (Phi) is 8.79. The van der Waals surface area contributed by atoms with E-state index in [1.54, 1.807) is 0 Å². The number of nitrogens with zero attached hydrogens (tertiary/aromatic N) is 1. The lowest BCUT2D eigenvalue weighted by molar-refractivity contribution is 1.28. The summed E-state index contributed by atoms with van der Waals surface area (Å²) < 4.78 is 2.64. The summed E-state index contributed by atoms with van der Waals surface area (Å²) in [5.74, 6) is 0. The molecule has 0 aliphatic carbocycles. The molecule has 0 spiro atoms. The molecule has 10 rings (SSSR count). The second-order valence-corrected chi connectivity index (χ2v) is 15.2. The number of hydrogen-bond acceptors (Lipinski definition) is 2. The predicted octanol–water partition coefficient (Wildman–Crippen LogP) is 15.9. The standard InChI is InChI=1S/C54H37NS/c1-3-13-38(14-4-1)42-17-9-19-44(35-42)40-27-31-47(32-28-40)55(48-33-29-41(30-34-48)45-20-10-18-43(36-45)39-15-5-2-6-16-39)49-22-11-21-46(37-49)50-24-12-25-52-51-23-7-8-26-53(51)56-54(50)52/h1-37H. The Bertz CT molecular complexity index is 2820. The summed E-state index contributed by atoms with van der Waals surface area (Å²) in [6.45, 7) is 0. The van der Waals surface area contributed by atoms with Gasteiger partial charge in [-0.05, 0) is 110 Å². The zero-order valence-electron chi connectivity index (χ0n) is 30.7. The van der Waals surface area contributed by atoms with Crippen LogP contribution in [0.1, 0.15) is 0 Å². The van der Waals surface area contributed by atoms with Gasteiger partial charge in [0.2, 0.25) is 0 Å².